The van der Waals surface area contributed by atoms with Crippen LogP contribution in [0.4, 0.5) is 0 Å². The first-order chi connectivity index (χ1) is 25.7. The summed E-state index contributed by atoms with van der Waals surface area (Å²) in [4.78, 5) is 0. The molecule has 0 atom stereocenters. The van der Waals surface area contributed by atoms with Crippen LogP contribution in [0, 0.1) is 0 Å². The van der Waals surface area contributed by atoms with Gasteiger partial charge in [0.2, 0.25) is 0 Å². The summed E-state index contributed by atoms with van der Waals surface area (Å²) < 4.78 is 2.53. The molecule has 2 heterocycles. The van der Waals surface area contributed by atoms with Crippen LogP contribution in [-0.4, -0.2) is 4.40 Å². The average Bonchev–Trinajstić information content (AvgIpc) is 3.76. The normalized spacial score (nSPS) is 16.0. The van der Waals surface area contributed by atoms with Crippen molar-refractivity contribution < 1.29 is 0 Å². The molecule has 1 nitrogen and oxygen atoms in total. The molecule has 2 aromatic heterocycles. The first-order valence-electron chi connectivity index (χ1n) is 20.4. The van der Waals surface area contributed by atoms with Crippen molar-refractivity contribution in [2.75, 3.05) is 0 Å². The second-order valence-corrected chi connectivity index (χ2v) is 21.2. The molecule has 0 aliphatic heterocycles. The lowest BCUT2D eigenvalue weighted by Gasteiger charge is -2.24. The fraction of sp³-hybridized carbons (Fsp3) is 0.333. The Hall–Kier alpha value is -4.88. The molecule has 0 fully saturated rings. The van der Waals surface area contributed by atoms with Gasteiger partial charge in [-0.3, -0.25) is 0 Å². The highest BCUT2D eigenvalue weighted by molar-refractivity contribution is 6.24. The van der Waals surface area contributed by atoms with Gasteiger partial charge in [0.05, 0.1) is 16.6 Å². The van der Waals surface area contributed by atoms with E-state index < -0.39 is 0 Å². The highest BCUT2D eigenvalue weighted by Gasteiger charge is 2.42. The highest BCUT2D eigenvalue weighted by atomic mass is 14.9. The van der Waals surface area contributed by atoms with Crippen molar-refractivity contribution in [1.82, 2.24) is 4.40 Å². The van der Waals surface area contributed by atoms with Crippen molar-refractivity contribution in [1.29, 1.82) is 0 Å². The molecule has 0 amide bonds. The summed E-state index contributed by atoms with van der Waals surface area (Å²) in [5.74, 6) is 0. The van der Waals surface area contributed by atoms with E-state index in [0.717, 1.165) is 0 Å². The molecule has 0 radical (unpaired) electrons. The standard InChI is InChI=1S/C54H55N/c1-50(2,3)32-15-19-43-36(25-32)38-29-45-37(28-46(38)53(43,10)11)35-18-14-30(24-44(35)54(45,12)13)31-22-41-39-26-33(51(4,5)6)16-20-47(39)55-48-21-17-34(52(7,8)9)27-40(48)42(23-31)49(41)55/h14-29H,1-13H3. The monoisotopic (exact) mass is 717 g/mol. The minimum Gasteiger partial charge on any atom is -0.308 e. The van der Waals surface area contributed by atoms with E-state index in [1.54, 1.807) is 0 Å². The molecule has 0 saturated carbocycles. The zero-order valence-electron chi connectivity index (χ0n) is 35.2. The van der Waals surface area contributed by atoms with E-state index in [1.165, 1.54) is 110 Å². The van der Waals surface area contributed by atoms with Crippen LogP contribution in [0.3, 0.4) is 0 Å². The topological polar surface area (TPSA) is 4.41 Å². The smallest absolute Gasteiger partial charge is 0.0620 e. The van der Waals surface area contributed by atoms with Crippen molar-refractivity contribution in [3.05, 3.63) is 136 Å². The van der Waals surface area contributed by atoms with Gasteiger partial charge in [-0.05, 0) is 143 Å². The lowest BCUT2D eigenvalue weighted by molar-refractivity contribution is 0.589. The molecule has 8 aromatic rings. The van der Waals surface area contributed by atoms with E-state index >= 15 is 0 Å². The first-order valence-corrected chi connectivity index (χ1v) is 20.4. The fourth-order valence-corrected chi connectivity index (χ4v) is 10.3. The van der Waals surface area contributed by atoms with E-state index in [0.29, 0.717) is 0 Å². The van der Waals surface area contributed by atoms with Gasteiger partial charge in [0, 0.05) is 32.4 Å². The summed E-state index contributed by atoms with van der Waals surface area (Å²) in [6, 6.07) is 39.0. The Morgan fingerprint density at radius 3 is 1.33 bits per heavy atom. The van der Waals surface area contributed by atoms with Crippen LogP contribution < -0.4 is 0 Å². The van der Waals surface area contributed by atoms with Crippen LogP contribution in [0.5, 0.6) is 0 Å². The molecule has 0 spiro atoms. The summed E-state index contributed by atoms with van der Waals surface area (Å²) in [5.41, 5.74) is 22.1. The number of rotatable bonds is 1. The second kappa shape index (κ2) is 10.5. The molecule has 1 heteroatoms. The van der Waals surface area contributed by atoms with E-state index in [9.17, 15) is 0 Å². The Morgan fingerprint density at radius 1 is 0.364 bits per heavy atom. The van der Waals surface area contributed by atoms with Crippen molar-refractivity contribution in [2.24, 2.45) is 0 Å². The van der Waals surface area contributed by atoms with Gasteiger partial charge in [-0.15, -0.1) is 0 Å². The minimum absolute atomic E-state index is 0.0454. The summed E-state index contributed by atoms with van der Waals surface area (Å²) in [5, 5.41) is 5.38. The zero-order chi connectivity index (χ0) is 38.9. The second-order valence-electron chi connectivity index (χ2n) is 21.2. The summed E-state index contributed by atoms with van der Waals surface area (Å²) in [6.07, 6.45) is 0. The van der Waals surface area contributed by atoms with E-state index in [4.69, 9.17) is 0 Å². The van der Waals surface area contributed by atoms with Gasteiger partial charge >= 0.3 is 0 Å². The van der Waals surface area contributed by atoms with Gasteiger partial charge < -0.3 is 4.40 Å². The van der Waals surface area contributed by atoms with Crippen LogP contribution in [0.1, 0.15) is 129 Å². The molecular formula is C54H55N. The SMILES string of the molecule is CC(C)(C)c1ccc2c(c1)-c1cc3c(cc1C2(C)C)-c1ccc(-c2cc4c5cc(C(C)(C)C)ccc5n5c6ccc(C(C)(C)C)cc6c(c2)c45)cc1C3(C)C. The molecule has 276 valence electrons. The Bertz CT molecular complexity index is 2850. The predicted molar refractivity (Wildman–Crippen MR) is 238 cm³/mol. The molecule has 10 rings (SSSR count). The Morgan fingerprint density at radius 2 is 0.800 bits per heavy atom. The van der Waals surface area contributed by atoms with E-state index in [-0.39, 0.29) is 27.1 Å². The third-order valence-corrected chi connectivity index (χ3v) is 13.8. The molecule has 0 N–H and O–H groups in total. The first kappa shape index (κ1) is 34.6. The number of fused-ring (bicyclic) bond motifs is 12. The van der Waals surface area contributed by atoms with Gasteiger partial charge in [-0.25, -0.2) is 0 Å². The maximum atomic E-state index is 2.56. The zero-order valence-corrected chi connectivity index (χ0v) is 35.2. The molecule has 2 aliphatic rings. The minimum atomic E-state index is -0.128. The summed E-state index contributed by atoms with van der Waals surface area (Å²) in [6.45, 7) is 30.6. The van der Waals surface area contributed by atoms with Crippen molar-refractivity contribution in [3.63, 3.8) is 0 Å². The molecule has 0 bridgehead atoms. The van der Waals surface area contributed by atoms with Crippen LogP contribution in [0.15, 0.2) is 97.1 Å². The predicted octanol–water partition coefficient (Wildman–Crippen LogP) is 15.0. The lowest BCUT2D eigenvalue weighted by Crippen LogP contribution is -2.17. The highest BCUT2D eigenvalue weighted by Crippen LogP contribution is 2.57. The van der Waals surface area contributed by atoms with Gasteiger partial charge in [0.1, 0.15) is 0 Å². The van der Waals surface area contributed by atoms with Gasteiger partial charge in [-0.2, -0.15) is 0 Å². The van der Waals surface area contributed by atoms with Crippen molar-refractivity contribution in [2.45, 2.75) is 117 Å². The summed E-state index contributed by atoms with van der Waals surface area (Å²) >= 11 is 0. The van der Waals surface area contributed by atoms with Crippen molar-refractivity contribution in [3.8, 4) is 33.4 Å². The summed E-state index contributed by atoms with van der Waals surface area (Å²) in [7, 11) is 0. The molecule has 0 unspecified atom stereocenters. The maximum absolute atomic E-state index is 2.56. The largest absolute Gasteiger partial charge is 0.308 e. The molecule has 6 aromatic carbocycles. The Kier molecular flexibility index (Phi) is 6.60. The van der Waals surface area contributed by atoms with E-state index in [1.807, 2.05) is 0 Å². The third-order valence-electron chi connectivity index (χ3n) is 13.8. The number of nitrogens with zero attached hydrogens (tertiary/aromatic N) is 1. The Labute approximate surface area is 327 Å². The average molecular weight is 718 g/mol. The van der Waals surface area contributed by atoms with Crippen LogP contribution in [0.25, 0.3) is 71.5 Å². The third kappa shape index (κ3) is 4.65. The van der Waals surface area contributed by atoms with Crippen LogP contribution in [0.2, 0.25) is 0 Å². The fourth-order valence-electron chi connectivity index (χ4n) is 10.3. The van der Waals surface area contributed by atoms with Gasteiger partial charge in [0.25, 0.3) is 0 Å². The van der Waals surface area contributed by atoms with Crippen LogP contribution >= 0.6 is 0 Å². The van der Waals surface area contributed by atoms with Crippen LogP contribution in [-0.2, 0) is 27.1 Å². The molecule has 55 heavy (non-hydrogen) atoms. The van der Waals surface area contributed by atoms with Crippen molar-refractivity contribution >= 4 is 38.1 Å². The van der Waals surface area contributed by atoms with Gasteiger partial charge in [0.15, 0.2) is 0 Å². The molecule has 0 saturated heterocycles. The lowest BCUT2D eigenvalue weighted by atomic mass is 9.79. The number of hydrogen-bond acceptors (Lipinski definition) is 0. The van der Waals surface area contributed by atoms with E-state index in [2.05, 4.69) is 191 Å². The molecule has 2 aliphatic carbocycles. The number of benzene rings is 6. The van der Waals surface area contributed by atoms with Gasteiger partial charge in [-0.1, -0.05) is 132 Å². The number of hydrogen-bond donors (Lipinski definition) is 0. The quantitative estimate of drug-likeness (QED) is 0.159. The number of aromatic nitrogens is 1. The Balaban J connectivity index is 1.18. The molecular weight excluding hydrogens is 663 g/mol. The maximum Gasteiger partial charge on any atom is 0.0620 e.